The lowest BCUT2D eigenvalue weighted by Crippen LogP contribution is -2.46. The Morgan fingerprint density at radius 1 is 1.00 bits per heavy atom. The first kappa shape index (κ1) is 21.3. The fourth-order valence-electron chi connectivity index (χ4n) is 4.42. The molecule has 0 radical (unpaired) electrons. The van der Waals surface area contributed by atoms with Gasteiger partial charge in [-0.05, 0) is 54.5 Å². The van der Waals surface area contributed by atoms with E-state index in [0.717, 1.165) is 62.9 Å². The molecule has 1 aliphatic carbocycles. The second-order valence-corrected chi connectivity index (χ2v) is 8.20. The molecule has 1 saturated heterocycles. The van der Waals surface area contributed by atoms with Gasteiger partial charge in [-0.15, -0.1) is 0 Å². The molecule has 0 N–H and O–H groups in total. The zero-order valence-corrected chi connectivity index (χ0v) is 17.0. The van der Waals surface area contributed by atoms with Crippen molar-refractivity contribution in [1.82, 2.24) is 9.80 Å². The summed E-state index contributed by atoms with van der Waals surface area (Å²) >= 11 is 0. The topological polar surface area (TPSA) is 45.9 Å². The molecule has 1 fully saturated rings. The van der Waals surface area contributed by atoms with E-state index in [1.807, 2.05) is 6.07 Å². The monoisotopic (exact) mass is 424 g/mol. The number of ether oxygens (including phenoxy) is 1. The summed E-state index contributed by atoms with van der Waals surface area (Å²) in [7, 11) is 0. The average molecular weight is 424 g/mol. The third kappa shape index (κ3) is 5.42. The third-order valence-corrected chi connectivity index (χ3v) is 5.93. The van der Waals surface area contributed by atoms with E-state index in [1.165, 1.54) is 11.1 Å². The van der Waals surface area contributed by atoms with Crippen molar-refractivity contribution in [1.29, 1.82) is 0 Å². The van der Waals surface area contributed by atoms with E-state index in [1.54, 1.807) is 6.07 Å². The molecule has 1 aromatic carbocycles. The molecular formula is C22H27F3N2O3. The molecule has 0 saturated carbocycles. The molecule has 8 heteroatoms. The van der Waals surface area contributed by atoms with E-state index < -0.39 is 12.8 Å². The van der Waals surface area contributed by atoms with Gasteiger partial charge in [0.05, 0.1) is 0 Å². The number of halogens is 3. The number of nitrogens with zero attached hydrogens (tertiary/aromatic N) is 2. The van der Waals surface area contributed by atoms with Gasteiger partial charge in [0.15, 0.2) is 0 Å². The number of hydrogen-bond acceptors (Lipinski definition) is 5. The first-order chi connectivity index (χ1) is 14.4. The third-order valence-electron chi connectivity index (χ3n) is 5.93. The van der Waals surface area contributed by atoms with Gasteiger partial charge >= 0.3 is 11.8 Å². The smallest absolute Gasteiger partial charge is 0.411 e. The maximum absolute atomic E-state index is 12.1. The highest BCUT2D eigenvalue weighted by Gasteiger charge is 2.27. The summed E-state index contributed by atoms with van der Waals surface area (Å²) in [6.07, 6.45) is -0.401. The molecule has 4 rings (SSSR count). The number of fused-ring (bicyclic) bond motifs is 2. The molecule has 0 atom stereocenters. The Kier molecular flexibility index (Phi) is 6.46. The van der Waals surface area contributed by atoms with Crippen LogP contribution in [-0.4, -0.2) is 61.9 Å². The highest BCUT2D eigenvalue weighted by atomic mass is 19.4. The van der Waals surface area contributed by atoms with Gasteiger partial charge in [-0.3, -0.25) is 4.90 Å². The van der Waals surface area contributed by atoms with Gasteiger partial charge in [-0.1, -0.05) is 0 Å². The van der Waals surface area contributed by atoms with Crippen molar-refractivity contribution in [3.05, 3.63) is 45.3 Å². The molecule has 0 bridgehead atoms. The molecule has 2 aliphatic rings. The van der Waals surface area contributed by atoms with E-state index in [0.29, 0.717) is 18.5 Å². The fraction of sp³-hybridized carbons (Fsp3) is 0.591. The first-order valence-electron chi connectivity index (χ1n) is 10.6. The molecule has 0 unspecified atom stereocenters. The zero-order chi connectivity index (χ0) is 21.1. The Morgan fingerprint density at radius 2 is 1.70 bits per heavy atom. The summed E-state index contributed by atoms with van der Waals surface area (Å²) in [5, 5.41) is 1.03. The molecule has 2 heterocycles. The van der Waals surface area contributed by atoms with Crippen LogP contribution in [0, 0.1) is 0 Å². The molecule has 1 aliphatic heterocycles. The van der Waals surface area contributed by atoms with Crippen LogP contribution in [0.3, 0.4) is 0 Å². The Morgan fingerprint density at radius 3 is 2.43 bits per heavy atom. The normalized spacial score (nSPS) is 18.2. The molecule has 2 aromatic rings. The van der Waals surface area contributed by atoms with Crippen LogP contribution in [0.1, 0.15) is 29.5 Å². The van der Waals surface area contributed by atoms with E-state index in [2.05, 4.69) is 20.6 Å². The van der Waals surface area contributed by atoms with Gasteiger partial charge < -0.3 is 14.1 Å². The lowest BCUT2D eigenvalue weighted by Gasteiger charge is -2.34. The Hall–Kier alpha value is -1.90. The molecule has 1 aromatic heterocycles. The second kappa shape index (κ2) is 9.08. The quantitative estimate of drug-likeness (QED) is 0.504. The first-order valence-corrected chi connectivity index (χ1v) is 10.6. The number of piperazine rings is 1. The lowest BCUT2D eigenvalue weighted by atomic mass is 10.0. The van der Waals surface area contributed by atoms with E-state index in [-0.39, 0.29) is 12.2 Å². The molecule has 0 amide bonds. The van der Waals surface area contributed by atoms with Crippen molar-refractivity contribution < 1.29 is 22.3 Å². The molecule has 5 nitrogen and oxygen atoms in total. The van der Waals surface area contributed by atoms with Crippen LogP contribution in [0.15, 0.2) is 27.4 Å². The predicted octanol–water partition coefficient (Wildman–Crippen LogP) is 3.37. The predicted molar refractivity (Wildman–Crippen MR) is 108 cm³/mol. The molecular weight excluding hydrogens is 397 g/mol. The van der Waals surface area contributed by atoms with Crippen LogP contribution in [-0.2, 0) is 24.1 Å². The summed E-state index contributed by atoms with van der Waals surface area (Å²) in [6, 6.07) is 5.82. The van der Waals surface area contributed by atoms with Crippen molar-refractivity contribution >= 4 is 11.0 Å². The van der Waals surface area contributed by atoms with Crippen molar-refractivity contribution in [2.75, 3.05) is 45.9 Å². The van der Waals surface area contributed by atoms with Crippen LogP contribution in [0.25, 0.3) is 11.0 Å². The summed E-state index contributed by atoms with van der Waals surface area (Å²) in [6.45, 7) is 3.80. The molecule has 164 valence electrons. The largest absolute Gasteiger partial charge is 0.423 e. The number of hydrogen-bond donors (Lipinski definition) is 0. The van der Waals surface area contributed by atoms with Crippen molar-refractivity contribution in [2.24, 2.45) is 0 Å². The zero-order valence-electron chi connectivity index (χ0n) is 17.0. The van der Waals surface area contributed by atoms with Crippen molar-refractivity contribution in [3.63, 3.8) is 0 Å². The van der Waals surface area contributed by atoms with Crippen LogP contribution in [0.2, 0.25) is 0 Å². The van der Waals surface area contributed by atoms with Gasteiger partial charge in [0.2, 0.25) is 0 Å². The minimum absolute atomic E-state index is 0.121. The second-order valence-electron chi connectivity index (χ2n) is 8.20. The SMILES string of the molecule is O=c1cc(CN2CCN(CCCOCC(F)(F)F)CC2)c2cc3c(cc2o1)CCC3. The van der Waals surface area contributed by atoms with Gasteiger partial charge in [-0.25, -0.2) is 4.79 Å². The minimum atomic E-state index is -4.26. The van der Waals surface area contributed by atoms with Gasteiger partial charge in [-0.2, -0.15) is 13.2 Å². The summed E-state index contributed by atoms with van der Waals surface area (Å²) < 4.78 is 46.4. The van der Waals surface area contributed by atoms with E-state index in [9.17, 15) is 18.0 Å². The molecule has 30 heavy (non-hydrogen) atoms. The summed E-state index contributed by atoms with van der Waals surface area (Å²) in [5.41, 5.74) is 4.01. The number of alkyl halides is 3. The van der Waals surface area contributed by atoms with Crippen LogP contribution in [0.4, 0.5) is 13.2 Å². The van der Waals surface area contributed by atoms with Crippen molar-refractivity contribution in [2.45, 2.75) is 38.4 Å². The van der Waals surface area contributed by atoms with Gasteiger partial charge in [0.25, 0.3) is 0 Å². The Balaban J connectivity index is 1.30. The highest BCUT2D eigenvalue weighted by molar-refractivity contribution is 5.82. The summed E-state index contributed by atoms with van der Waals surface area (Å²) in [4.78, 5) is 16.6. The van der Waals surface area contributed by atoms with Crippen molar-refractivity contribution in [3.8, 4) is 0 Å². The van der Waals surface area contributed by atoms with Gasteiger partial charge in [0, 0.05) is 57.3 Å². The number of rotatable bonds is 7. The summed E-state index contributed by atoms with van der Waals surface area (Å²) in [5.74, 6) is 0. The van der Waals surface area contributed by atoms with Crippen LogP contribution < -0.4 is 5.63 Å². The number of aryl methyl sites for hydroxylation is 2. The Labute approximate surface area is 173 Å². The highest BCUT2D eigenvalue weighted by Crippen LogP contribution is 2.29. The maximum Gasteiger partial charge on any atom is 0.411 e. The van der Waals surface area contributed by atoms with Crippen LogP contribution >= 0.6 is 0 Å². The lowest BCUT2D eigenvalue weighted by molar-refractivity contribution is -0.174. The standard InChI is InChI=1S/C22H27F3N2O3/c23-22(24,25)15-29-10-2-5-26-6-8-27(9-7-26)14-18-13-21(28)30-20-12-17-4-1-3-16(17)11-19(18)20/h11-13H,1-10,14-15H2. The van der Waals surface area contributed by atoms with Crippen LogP contribution in [0.5, 0.6) is 0 Å². The van der Waals surface area contributed by atoms with E-state index >= 15 is 0 Å². The number of benzene rings is 1. The minimum Gasteiger partial charge on any atom is -0.423 e. The van der Waals surface area contributed by atoms with E-state index in [4.69, 9.17) is 4.42 Å². The fourth-order valence-corrected chi connectivity index (χ4v) is 4.42. The molecule has 0 spiro atoms. The Bertz CT molecular complexity index is 934. The van der Waals surface area contributed by atoms with Gasteiger partial charge in [0.1, 0.15) is 12.2 Å². The average Bonchev–Trinajstić information content (AvgIpc) is 3.14. The maximum atomic E-state index is 12.1.